The van der Waals surface area contributed by atoms with Crippen LogP contribution in [0.5, 0.6) is 17.2 Å². The zero-order chi connectivity index (χ0) is 42.0. The van der Waals surface area contributed by atoms with Gasteiger partial charge in [0, 0.05) is 53.6 Å². The first kappa shape index (κ1) is 43.6. The third-order valence-corrected chi connectivity index (χ3v) is 12.9. The number of unbranched alkanes of at least 4 members (excludes halogenated alkanes) is 3. The van der Waals surface area contributed by atoms with E-state index in [1.807, 2.05) is 46.8 Å². The number of phenols is 2. The van der Waals surface area contributed by atoms with Crippen molar-refractivity contribution in [2.45, 2.75) is 136 Å². The summed E-state index contributed by atoms with van der Waals surface area (Å²) in [5.74, 6) is -2.46. The molecule has 58 heavy (non-hydrogen) atoms. The predicted octanol–water partition coefficient (Wildman–Crippen LogP) is 8.62. The van der Waals surface area contributed by atoms with E-state index in [1.165, 1.54) is 5.57 Å². The highest BCUT2D eigenvalue weighted by atomic mass is 16.6. The predicted molar refractivity (Wildman–Crippen MR) is 224 cm³/mol. The highest BCUT2D eigenvalue weighted by molar-refractivity contribution is 6.18. The highest BCUT2D eigenvalue weighted by Gasteiger charge is 2.81. The topological polar surface area (TPSA) is 132 Å². The van der Waals surface area contributed by atoms with Crippen molar-refractivity contribution in [3.05, 3.63) is 74.9 Å². The van der Waals surface area contributed by atoms with Gasteiger partial charge in [0.25, 0.3) is 0 Å². The van der Waals surface area contributed by atoms with Gasteiger partial charge >= 0.3 is 5.97 Å². The number of rotatable bonds is 17. The molecule has 3 heterocycles. The Morgan fingerprint density at radius 3 is 2.29 bits per heavy atom. The number of benzene rings is 1. The van der Waals surface area contributed by atoms with Crippen molar-refractivity contribution in [1.82, 2.24) is 4.90 Å². The summed E-state index contributed by atoms with van der Waals surface area (Å²) in [4.78, 5) is 45.3. The van der Waals surface area contributed by atoms with Gasteiger partial charge in [-0.15, -0.1) is 0 Å². The molecule has 1 saturated carbocycles. The van der Waals surface area contributed by atoms with Gasteiger partial charge in [-0.25, -0.2) is 4.79 Å². The first-order valence-electron chi connectivity index (χ1n) is 21.4. The first-order valence-corrected chi connectivity index (χ1v) is 21.4. The molecule has 10 nitrogen and oxygen atoms in total. The minimum Gasteiger partial charge on any atom is -0.507 e. The van der Waals surface area contributed by atoms with E-state index in [2.05, 4.69) is 24.8 Å². The number of ketones is 2. The Hall–Kier alpha value is -3.99. The summed E-state index contributed by atoms with van der Waals surface area (Å²) in [6.45, 7) is 20.5. The number of phenolic OH excluding ortho intramolecular Hbond substituents is 2. The summed E-state index contributed by atoms with van der Waals surface area (Å²) >= 11 is 0. The number of carbonyl (C=O) groups excluding carboxylic acids is 3. The molecule has 10 heteroatoms. The zero-order valence-corrected chi connectivity index (χ0v) is 36.1. The van der Waals surface area contributed by atoms with Crippen LogP contribution in [0.3, 0.4) is 0 Å². The molecule has 0 amide bonds. The molecule has 1 aromatic carbocycles. The number of fused-ring (bicyclic) bond motifs is 1. The maximum atomic E-state index is 15.0. The van der Waals surface area contributed by atoms with Gasteiger partial charge < -0.3 is 29.2 Å². The molecule has 2 saturated heterocycles. The molecule has 7 rings (SSSR count). The molecule has 0 aromatic heterocycles. The third-order valence-electron chi connectivity index (χ3n) is 12.9. The molecule has 1 aromatic rings. The molecular weight excluding hydrogens is 735 g/mol. The number of hydrogen-bond donors (Lipinski definition) is 2. The summed E-state index contributed by atoms with van der Waals surface area (Å²) < 4.78 is 25.1. The van der Waals surface area contributed by atoms with Gasteiger partial charge in [-0.2, -0.15) is 0 Å². The van der Waals surface area contributed by atoms with E-state index in [1.54, 1.807) is 19.1 Å². The molecule has 4 bridgehead atoms. The van der Waals surface area contributed by atoms with Crippen molar-refractivity contribution in [3.8, 4) is 17.2 Å². The van der Waals surface area contributed by atoms with Crippen molar-refractivity contribution in [2.75, 3.05) is 39.5 Å². The standard InChI is InChI=1S/C48H65NO9/c1-30(2)14-13-15-32(5)17-19-35-40(50)36(18-16-31(3)4)43-39(41(35)51)42(52)37-28-34-29-38-46(7,8)58-47(44(34)53,48(37,38)57-43)21-20-33(6)45(54)56-25-12-10-9-11-22-49-23-26-55-27-24-49/h14,16-17,20,28,34,38,50-51H,9-13,15,18-19,21-27,29H2,1-8H3/b32-17+,33-20-. The minimum atomic E-state index is -1.63. The van der Waals surface area contributed by atoms with Crippen molar-refractivity contribution in [2.24, 2.45) is 11.8 Å². The molecule has 3 fully saturated rings. The Kier molecular flexibility index (Phi) is 13.3. The molecule has 0 radical (unpaired) electrons. The fraction of sp³-hybridized carbons (Fsp3) is 0.604. The second kappa shape index (κ2) is 17.7. The van der Waals surface area contributed by atoms with Crippen LogP contribution >= 0.6 is 0 Å². The summed E-state index contributed by atoms with van der Waals surface area (Å²) in [6.07, 6.45) is 16.0. The maximum absolute atomic E-state index is 15.0. The van der Waals surface area contributed by atoms with Crippen LogP contribution in [0.2, 0.25) is 0 Å². The van der Waals surface area contributed by atoms with Crippen LogP contribution in [-0.4, -0.2) is 88.9 Å². The zero-order valence-electron chi connectivity index (χ0n) is 36.1. The van der Waals surface area contributed by atoms with E-state index in [4.69, 9.17) is 18.9 Å². The monoisotopic (exact) mass is 799 g/mol. The van der Waals surface area contributed by atoms with Crippen molar-refractivity contribution in [3.63, 3.8) is 0 Å². The smallest absolute Gasteiger partial charge is 0.333 e. The Balaban J connectivity index is 1.28. The number of Topliss-reactive ketones (excluding diaryl/α,β-unsaturated/α-hetero) is 2. The van der Waals surface area contributed by atoms with E-state index >= 15 is 0 Å². The Morgan fingerprint density at radius 1 is 0.897 bits per heavy atom. The quantitative estimate of drug-likeness (QED) is 0.0684. The van der Waals surface area contributed by atoms with Gasteiger partial charge in [-0.05, 0) is 107 Å². The molecule has 4 unspecified atom stereocenters. The number of aromatic hydroxyl groups is 2. The fourth-order valence-electron chi connectivity index (χ4n) is 9.69. The summed E-state index contributed by atoms with van der Waals surface area (Å²) in [7, 11) is 0. The largest absolute Gasteiger partial charge is 0.507 e. The van der Waals surface area contributed by atoms with E-state index in [-0.39, 0.29) is 53.4 Å². The van der Waals surface area contributed by atoms with E-state index in [9.17, 15) is 24.6 Å². The van der Waals surface area contributed by atoms with Crippen LogP contribution in [0, 0.1) is 11.8 Å². The molecule has 316 valence electrons. The molecule has 6 aliphatic rings. The summed E-state index contributed by atoms with van der Waals surface area (Å²) in [6, 6.07) is 0. The van der Waals surface area contributed by atoms with E-state index < -0.39 is 40.4 Å². The van der Waals surface area contributed by atoms with Crippen LogP contribution in [0.15, 0.2) is 58.2 Å². The Labute approximate surface area is 345 Å². The van der Waals surface area contributed by atoms with Crippen molar-refractivity contribution < 1.29 is 43.5 Å². The molecular formula is C48H65NO9. The number of esters is 1. The number of allylic oxidation sites excluding steroid dienone is 7. The third kappa shape index (κ3) is 8.26. The average Bonchev–Trinajstić information content (AvgIpc) is 3.33. The van der Waals surface area contributed by atoms with Crippen molar-refractivity contribution in [1.29, 1.82) is 0 Å². The van der Waals surface area contributed by atoms with Crippen LogP contribution < -0.4 is 4.74 Å². The van der Waals surface area contributed by atoms with Gasteiger partial charge in [-0.1, -0.05) is 59.9 Å². The van der Waals surface area contributed by atoms with Gasteiger partial charge in [-0.3, -0.25) is 14.5 Å². The number of nitrogens with zero attached hydrogens (tertiary/aromatic N) is 1. The van der Waals surface area contributed by atoms with Gasteiger partial charge in [0.05, 0.1) is 25.4 Å². The average molecular weight is 800 g/mol. The first-order chi connectivity index (χ1) is 27.5. The second-order valence-corrected chi connectivity index (χ2v) is 18.1. The SMILES string of the molecule is CC(C)=CCC/C(C)=C/Cc1c(O)c(CC=C(C)C)c2c(c1O)C(=O)C1=CC3CC4C(C)(C)OC(C/C=C(/C)C(=O)OCCCCCCN5CCOCC5)(C3=O)C14O2. The lowest BCUT2D eigenvalue weighted by Crippen LogP contribution is -2.72. The van der Waals surface area contributed by atoms with Crippen LogP contribution in [0.1, 0.15) is 128 Å². The lowest BCUT2D eigenvalue weighted by Gasteiger charge is -2.56. The fourth-order valence-corrected chi connectivity index (χ4v) is 9.69. The Bertz CT molecular complexity index is 1930. The second-order valence-electron chi connectivity index (χ2n) is 18.1. The van der Waals surface area contributed by atoms with Gasteiger partial charge in [0.1, 0.15) is 22.8 Å². The molecule has 4 atom stereocenters. The summed E-state index contributed by atoms with van der Waals surface area (Å²) in [5, 5.41) is 23.8. The van der Waals surface area contributed by atoms with Crippen molar-refractivity contribution >= 4 is 17.5 Å². The maximum Gasteiger partial charge on any atom is 0.333 e. The summed E-state index contributed by atoms with van der Waals surface area (Å²) in [5.41, 5.74) is 0.577. The van der Waals surface area contributed by atoms with Crippen LogP contribution in [-0.2, 0) is 36.6 Å². The van der Waals surface area contributed by atoms with Gasteiger partial charge in [0.15, 0.2) is 22.8 Å². The normalized spacial score (nSPS) is 26.1. The number of hydrogen-bond acceptors (Lipinski definition) is 10. The number of ether oxygens (including phenoxy) is 4. The molecule has 2 N–H and O–H groups in total. The molecule has 1 spiro atoms. The molecule has 3 aliphatic carbocycles. The lowest BCUT2D eigenvalue weighted by molar-refractivity contribution is -0.171. The van der Waals surface area contributed by atoms with Crippen LogP contribution in [0.25, 0.3) is 0 Å². The van der Waals surface area contributed by atoms with E-state index in [0.29, 0.717) is 29.7 Å². The Morgan fingerprint density at radius 2 is 1.59 bits per heavy atom. The highest BCUT2D eigenvalue weighted by Crippen LogP contribution is 2.68. The minimum absolute atomic E-state index is 0.00109. The molecule has 3 aliphatic heterocycles. The number of carbonyl (C=O) groups is 3. The number of morpholine rings is 1. The van der Waals surface area contributed by atoms with E-state index in [0.717, 1.165) is 82.5 Å². The van der Waals surface area contributed by atoms with Gasteiger partial charge in [0.2, 0.25) is 0 Å². The van der Waals surface area contributed by atoms with Crippen LogP contribution in [0.4, 0.5) is 0 Å². The lowest BCUT2D eigenvalue weighted by atomic mass is 9.51.